The van der Waals surface area contributed by atoms with Crippen molar-refractivity contribution < 1.29 is 9.59 Å². The Bertz CT molecular complexity index is 209. The minimum absolute atomic E-state index is 0.361. The monoisotopic (exact) mass is 206 g/mol. The number of carbonyl (C=O) groups is 2. The van der Waals surface area contributed by atoms with Crippen LogP contribution >= 0.6 is 11.6 Å². The van der Waals surface area contributed by atoms with Crippen molar-refractivity contribution in [2.24, 2.45) is 0 Å². The van der Waals surface area contributed by atoms with Crippen LogP contribution in [-0.4, -0.2) is 22.9 Å². The van der Waals surface area contributed by atoms with Gasteiger partial charge in [-0.2, -0.15) is 0 Å². The number of amides is 3. The molecule has 1 atom stereocenters. The topological polar surface area (TPSA) is 58.2 Å². The lowest BCUT2D eigenvalue weighted by Gasteiger charge is -2.20. The largest absolute Gasteiger partial charge is 0.333 e. The van der Waals surface area contributed by atoms with E-state index in [9.17, 15) is 9.59 Å². The standard InChI is InChI=1S/C8H15ClN2O2/c1-5(9)6(12)10-7(13)11-8(2,3)4/h5H,1-4H3,(H2,10,11,12,13)/t5-/m0/s1. The minimum atomic E-state index is -0.703. The fraction of sp³-hybridized carbons (Fsp3) is 0.750. The zero-order chi connectivity index (χ0) is 10.6. The summed E-state index contributed by atoms with van der Waals surface area (Å²) in [4.78, 5) is 22.0. The number of urea groups is 1. The second kappa shape index (κ2) is 4.46. The Balaban J connectivity index is 3.96. The molecular weight excluding hydrogens is 192 g/mol. The molecule has 0 radical (unpaired) electrons. The van der Waals surface area contributed by atoms with Crippen molar-refractivity contribution in [1.82, 2.24) is 10.6 Å². The van der Waals surface area contributed by atoms with Crippen molar-refractivity contribution in [3.8, 4) is 0 Å². The molecule has 0 aliphatic carbocycles. The molecule has 0 saturated heterocycles. The van der Waals surface area contributed by atoms with Crippen LogP contribution in [-0.2, 0) is 4.79 Å². The highest BCUT2D eigenvalue weighted by Crippen LogP contribution is 1.98. The Hall–Kier alpha value is -0.770. The van der Waals surface area contributed by atoms with E-state index in [4.69, 9.17) is 11.6 Å². The van der Waals surface area contributed by atoms with Gasteiger partial charge in [-0.05, 0) is 27.7 Å². The van der Waals surface area contributed by atoms with E-state index in [0.717, 1.165) is 0 Å². The van der Waals surface area contributed by atoms with E-state index in [0.29, 0.717) is 0 Å². The fourth-order valence-corrected chi connectivity index (χ4v) is 0.638. The maximum absolute atomic E-state index is 11.1. The lowest BCUT2D eigenvalue weighted by atomic mass is 10.1. The lowest BCUT2D eigenvalue weighted by molar-refractivity contribution is -0.119. The molecule has 0 aromatic carbocycles. The van der Waals surface area contributed by atoms with Crippen molar-refractivity contribution in [3.05, 3.63) is 0 Å². The van der Waals surface area contributed by atoms with E-state index < -0.39 is 17.3 Å². The summed E-state index contributed by atoms with van der Waals surface area (Å²) in [7, 11) is 0. The van der Waals surface area contributed by atoms with E-state index in [1.54, 1.807) is 0 Å². The third-order valence-corrected chi connectivity index (χ3v) is 1.28. The molecule has 0 aliphatic rings. The Morgan fingerprint density at radius 1 is 1.31 bits per heavy atom. The normalized spacial score (nSPS) is 13.3. The predicted octanol–water partition coefficient (Wildman–Crippen LogP) is 1.24. The number of alkyl halides is 1. The first kappa shape index (κ1) is 12.2. The summed E-state index contributed by atoms with van der Waals surface area (Å²) in [5.74, 6) is -0.497. The molecule has 76 valence electrons. The number of imide groups is 1. The zero-order valence-corrected chi connectivity index (χ0v) is 9.03. The maximum atomic E-state index is 11.1. The molecule has 3 amide bonds. The summed E-state index contributed by atoms with van der Waals surface area (Å²) in [5, 5.41) is 3.99. The fourth-order valence-electron chi connectivity index (χ4n) is 0.583. The van der Waals surface area contributed by atoms with Crippen LogP contribution in [0.25, 0.3) is 0 Å². The van der Waals surface area contributed by atoms with Gasteiger partial charge >= 0.3 is 6.03 Å². The summed E-state index contributed by atoms with van der Waals surface area (Å²) in [6.07, 6.45) is 0. The van der Waals surface area contributed by atoms with Crippen LogP contribution in [0.4, 0.5) is 4.79 Å². The van der Waals surface area contributed by atoms with Crippen molar-refractivity contribution in [2.45, 2.75) is 38.6 Å². The predicted molar refractivity (Wildman–Crippen MR) is 51.7 cm³/mol. The Morgan fingerprint density at radius 3 is 2.08 bits per heavy atom. The second-order valence-electron chi connectivity index (χ2n) is 3.81. The van der Waals surface area contributed by atoms with Gasteiger partial charge in [-0.15, -0.1) is 11.6 Å². The molecule has 0 bridgehead atoms. The van der Waals surface area contributed by atoms with Gasteiger partial charge in [0.1, 0.15) is 5.38 Å². The van der Waals surface area contributed by atoms with Crippen molar-refractivity contribution in [3.63, 3.8) is 0 Å². The van der Waals surface area contributed by atoms with Crippen molar-refractivity contribution >= 4 is 23.5 Å². The molecule has 0 unspecified atom stereocenters. The number of hydrogen-bond acceptors (Lipinski definition) is 2. The molecule has 0 heterocycles. The maximum Gasteiger partial charge on any atom is 0.321 e. The summed E-state index contributed by atoms with van der Waals surface area (Å²) in [6.45, 7) is 6.96. The summed E-state index contributed by atoms with van der Waals surface area (Å²) >= 11 is 5.45. The molecule has 0 aromatic heterocycles. The molecular formula is C8H15ClN2O2. The third kappa shape index (κ3) is 6.40. The van der Waals surface area contributed by atoms with Gasteiger partial charge < -0.3 is 5.32 Å². The van der Waals surface area contributed by atoms with Crippen LogP contribution in [0.2, 0.25) is 0 Å². The van der Waals surface area contributed by atoms with E-state index >= 15 is 0 Å². The van der Waals surface area contributed by atoms with Crippen molar-refractivity contribution in [1.29, 1.82) is 0 Å². The average molecular weight is 207 g/mol. The first-order valence-corrected chi connectivity index (χ1v) is 4.43. The van der Waals surface area contributed by atoms with Gasteiger partial charge in [-0.25, -0.2) is 4.79 Å². The van der Waals surface area contributed by atoms with Crippen LogP contribution in [0.1, 0.15) is 27.7 Å². The molecule has 0 aliphatic heterocycles. The van der Waals surface area contributed by atoms with Gasteiger partial charge in [0.15, 0.2) is 0 Å². The Labute approximate surface area is 83.0 Å². The van der Waals surface area contributed by atoms with Gasteiger partial charge in [0.25, 0.3) is 0 Å². The van der Waals surface area contributed by atoms with E-state index in [1.807, 2.05) is 20.8 Å². The summed E-state index contributed by atoms with van der Waals surface area (Å²) in [5.41, 5.74) is -0.361. The zero-order valence-electron chi connectivity index (χ0n) is 8.27. The molecule has 0 fully saturated rings. The van der Waals surface area contributed by atoms with E-state index in [1.165, 1.54) is 6.92 Å². The van der Waals surface area contributed by atoms with Gasteiger partial charge in [-0.3, -0.25) is 10.1 Å². The average Bonchev–Trinajstić information content (AvgIpc) is 1.81. The van der Waals surface area contributed by atoms with E-state index in [2.05, 4.69) is 10.6 Å². The van der Waals surface area contributed by atoms with Crippen LogP contribution in [0.15, 0.2) is 0 Å². The van der Waals surface area contributed by atoms with E-state index in [-0.39, 0.29) is 5.54 Å². The molecule has 13 heavy (non-hydrogen) atoms. The van der Waals surface area contributed by atoms with Gasteiger partial charge in [-0.1, -0.05) is 0 Å². The number of carbonyl (C=O) groups excluding carboxylic acids is 2. The van der Waals surface area contributed by atoms with Crippen LogP contribution in [0.5, 0.6) is 0 Å². The van der Waals surface area contributed by atoms with Gasteiger partial charge in [0.2, 0.25) is 5.91 Å². The van der Waals surface area contributed by atoms with Crippen LogP contribution in [0, 0.1) is 0 Å². The quantitative estimate of drug-likeness (QED) is 0.635. The molecule has 5 heteroatoms. The van der Waals surface area contributed by atoms with Crippen LogP contribution in [0.3, 0.4) is 0 Å². The summed E-state index contributed by atoms with van der Waals surface area (Å²) < 4.78 is 0. The SMILES string of the molecule is C[C@H](Cl)C(=O)NC(=O)NC(C)(C)C. The van der Waals surface area contributed by atoms with Gasteiger partial charge in [0, 0.05) is 5.54 Å². The molecule has 0 spiro atoms. The minimum Gasteiger partial charge on any atom is -0.333 e. The Morgan fingerprint density at radius 2 is 1.77 bits per heavy atom. The summed E-state index contributed by atoms with van der Waals surface area (Å²) in [6, 6.07) is -0.523. The lowest BCUT2D eigenvalue weighted by Crippen LogP contribution is -2.49. The van der Waals surface area contributed by atoms with Gasteiger partial charge in [0.05, 0.1) is 0 Å². The Kier molecular flexibility index (Phi) is 4.20. The van der Waals surface area contributed by atoms with Crippen LogP contribution < -0.4 is 10.6 Å². The number of nitrogens with one attached hydrogen (secondary N) is 2. The number of halogens is 1. The highest BCUT2D eigenvalue weighted by Gasteiger charge is 2.17. The molecule has 0 rings (SSSR count). The molecule has 0 aromatic rings. The van der Waals surface area contributed by atoms with Crippen molar-refractivity contribution in [2.75, 3.05) is 0 Å². The molecule has 4 nitrogen and oxygen atoms in total. The number of hydrogen-bond donors (Lipinski definition) is 2. The highest BCUT2D eigenvalue weighted by atomic mass is 35.5. The first-order valence-electron chi connectivity index (χ1n) is 3.99. The highest BCUT2D eigenvalue weighted by molar-refractivity contribution is 6.31. The first-order chi connectivity index (χ1) is 5.72. The second-order valence-corrected chi connectivity index (χ2v) is 4.46. The third-order valence-electron chi connectivity index (χ3n) is 1.09. The molecule has 2 N–H and O–H groups in total. The smallest absolute Gasteiger partial charge is 0.321 e. The number of rotatable bonds is 1. The molecule has 0 saturated carbocycles.